The predicted molar refractivity (Wildman–Crippen MR) is 140 cm³/mol. The molecule has 2 amide bonds. The second-order valence-corrected chi connectivity index (χ2v) is 10.8. The van der Waals surface area contributed by atoms with Gasteiger partial charge in [0.25, 0.3) is 0 Å². The summed E-state index contributed by atoms with van der Waals surface area (Å²) in [6.07, 6.45) is 2.08. The molecule has 2 rings (SSSR count). The quantitative estimate of drug-likeness (QED) is 0.434. The Labute approximate surface area is 217 Å². The molecule has 0 aromatic heterocycles. The number of rotatable bonds is 12. The molecule has 0 fully saturated rings. The summed E-state index contributed by atoms with van der Waals surface area (Å²) in [6, 6.07) is 10.6. The minimum absolute atomic E-state index is 0.106. The van der Waals surface area contributed by atoms with E-state index in [0.717, 1.165) is 22.5 Å². The molecule has 35 heavy (non-hydrogen) atoms. The number of halogens is 2. The Kier molecular flexibility index (Phi) is 10.7. The van der Waals surface area contributed by atoms with E-state index in [9.17, 15) is 18.0 Å². The molecular weight excluding hydrogens is 513 g/mol. The van der Waals surface area contributed by atoms with Crippen LogP contribution in [0.25, 0.3) is 0 Å². The van der Waals surface area contributed by atoms with Crippen LogP contribution in [0, 0.1) is 0 Å². The first kappa shape index (κ1) is 28.7. The van der Waals surface area contributed by atoms with Crippen molar-refractivity contribution < 1.29 is 22.7 Å². The molecule has 192 valence electrons. The fourth-order valence-corrected chi connectivity index (χ4v) is 4.86. The summed E-state index contributed by atoms with van der Waals surface area (Å²) in [5, 5.41) is 3.29. The number of benzene rings is 2. The molecule has 0 spiro atoms. The maximum atomic E-state index is 13.6. The first-order valence-corrected chi connectivity index (χ1v) is 13.7. The third kappa shape index (κ3) is 8.30. The van der Waals surface area contributed by atoms with Crippen LogP contribution in [0.5, 0.6) is 5.75 Å². The number of nitrogens with zero attached hydrogens (tertiary/aromatic N) is 2. The SMILES string of the molecule is CCCNC(=O)[C@@H](CC)N(Cc1ccc(OC)cc1)C(=O)CN(c1cc(Cl)cc(Cl)c1)S(C)(=O)=O. The van der Waals surface area contributed by atoms with Crippen LogP contribution < -0.4 is 14.4 Å². The van der Waals surface area contributed by atoms with Crippen molar-refractivity contribution in [2.24, 2.45) is 0 Å². The van der Waals surface area contributed by atoms with Crippen molar-refractivity contribution in [3.8, 4) is 5.75 Å². The lowest BCUT2D eigenvalue weighted by Crippen LogP contribution is -2.52. The third-order valence-electron chi connectivity index (χ3n) is 5.26. The number of hydrogen-bond donors (Lipinski definition) is 1. The summed E-state index contributed by atoms with van der Waals surface area (Å²) in [5.74, 6) is -0.186. The number of methoxy groups -OCH3 is 1. The van der Waals surface area contributed by atoms with Crippen LogP contribution in [0.3, 0.4) is 0 Å². The van der Waals surface area contributed by atoms with Gasteiger partial charge >= 0.3 is 0 Å². The molecule has 1 atom stereocenters. The zero-order chi connectivity index (χ0) is 26.2. The number of anilines is 1. The van der Waals surface area contributed by atoms with Crippen molar-refractivity contribution in [3.63, 3.8) is 0 Å². The number of hydrogen-bond acceptors (Lipinski definition) is 5. The average Bonchev–Trinajstić information content (AvgIpc) is 2.79. The minimum atomic E-state index is -3.88. The van der Waals surface area contributed by atoms with Gasteiger partial charge in [-0.15, -0.1) is 0 Å². The van der Waals surface area contributed by atoms with Crippen LogP contribution in [0.4, 0.5) is 5.69 Å². The van der Waals surface area contributed by atoms with Crippen LogP contribution in [-0.4, -0.2) is 57.6 Å². The fraction of sp³-hybridized carbons (Fsp3) is 0.417. The zero-order valence-electron chi connectivity index (χ0n) is 20.3. The number of amides is 2. The van der Waals surface area contributed by atoms with Gasteiger partial charge in [0, 0.05) is 23.1 Å². The molecule has 2 aromatic carbocycles. The molecule has 0 saturated carbocycles. The van der Waals surface area contributed by atoms with Crippen molar-refractivity contribution in [2.45, 2.75) is 39.3 Å². The highest BCUT2D eigenvalue weighted by Gasteiger charge is 2.31. The van der Waals surface area contributed by atoms with Crippen LogP contribution in [-0.2, 0) is 26.2 Å². The second kappa shape index (κ2) is 13.0. The van der Waals surface area contributed by atoms with Crippen molar-refractivity contribution in [2.75, 3.05) is 30.8 Å². The van der Waals surface area contributed by atoms with Crippen LogP contribution >= 0.6 is 23.2 Å². The average molecular weight is 545 g/mol. The van der Waals surface area contributed by atoms with Gasteiger partial charge in [0.1, 0.15) is 18.3 Å². The summed E-state index contributed by atoms with van der Waals surface area (Å²) in [5.41, 5.74) is 0.920. The zero-order valence-corrected chi connectivity index (χ0v) is 22.6. The van der Waals surface area contributed by atoms with Crippen molar-refractivity contribution in [1.29, 1.82) is 0 Å². The molecule has 0 aliphatic rings. The molecular formula is C24H31Cl2N3O5S. The maximum absolute atomic E-state index is 13.6. The van der Waals surface area contributed by atoms with E-state index in [2.05, 4.69) is 5.32 Å². The summed E-state index contributed by atoms with van der Waals surface area (Å²) in [4.78, 5) is 27.9. The maximum Gasteiger partial charge on any atom is 0.244 e. The Hall–Kier alpha value is -2.49. The number of ether oxygens (including phenoxy) is 1. The van der Waals surface area contributed by atoms with Gasteiger partial charge in [-0.1, -0.05) is 49.2 Å². The summed E-state index contributed by atoms with van der Waals surface area (Å²) < 4.78 is 31.4. The van der Waals surface area contributed by atoms with Crippen molar-refractivity contribution in [1.82, 2.24) is 10.2 Å². The fourth-order valence-electron chi connectivity index (χ4n) is 3.51. The largest absolute Gasteiger partial charge is 0.497 e. The Bertz CT molecular complexity index is 1110. The van der Waals surface area contributed by atoms with E-state index < -0.39 is 28.5 Å². The lowest BCUT2D eigenvalue weighted by Gasteiger charge is -2.33. The molecule has 2 aromatic rings. The molecule has 0 unspecified atom stereocenters. The third-order valence-corrected chi connectivity index (χ3v) is 6.84. The van der Waals surface area contributed by atoms with E-state index >= 15 is 0 Å². The number of nitrogens with one attached hydrogen (secondary N) is 1. The Balaban J connectivity index is 2.44. The predicted octanol–water partition coefficient (Wildman–Crippen LogP) is 4.10. The molecule has 0 saturated heterocycles. The lowest BCUT2D eigenvalue weighted by molar-refractivity contribution is -0.140. The second-order valence-electron chi connectivity index (χ2n) is 7.98. The van der Waals surface area contributed by atoms with Gasteiger partial charge in [0.2, 0.25) is 21.8 Å². The summed E-state index contributed by atoms with van der Waals surface area (Å²) >= 11 is 12.1. The lowest BCUT2D eigenvalue weighted by atomic mass is 10.1. The topological polar surface area (TPSA) is 96.0 Å². The first-order chi connectivity index (χ1) is 16.5. The van der Waals surface area contributed by atoms with Crippen molar-refractivity contribution >= 4 is 50.7 Å². The number of sulfonamides is 1. The number of carbonyl (C=O) groups is 2. The van der Waals surface area contributed by atoms with Crippen LogP contribution in [0.1, 0.15) is 32.3 Å². The van der Waals surface area contributed by atoms with Crippen LogP contribution in [0.2, 0.25) is 10.0 Å². The number of carbonyl (C=O) groups excluding carboxylic acids is 2. The molecule has 8 nitrogen and oxygen atoms in total. The molecule has 0 heterocycles. The van der Waals surface area contributed by atoms with E-state index in [1.54, 1.807) is 38.3 Å². The minimum Gasteiger partial charge on any atom is -0.497 e. The van der Waals surface area contributed by atoms with Gasteiger partial charge in [0.05, 0.1) is 19.1 Å². The smallest absolute Gasteiger partial charge is 0.244 e. The highest BCUT2D eigenvalue weighted by atomic mass is 35.5. The van der Waals surface area contributed by atoms with Crippen LogP contribution in [0.15, 0.2) is 42.5 Å². The van der Waals surface area contributed by atoms with Gasteiger partial charge < -0.3 is 15.0 Å². The Morgan fingerprint density at radius 3 is 2.14 bits per heavy atom. The standard InChI is InChI=1S/C24H31Cl2N3O5S/c1-5-11-27-24(31)22(6-2)28(15-17-7-9-21(34-3)10-8-17)23(30)16-29(35(4,32)33)20-13-18(25)12-19(26)14-20/h7-10,12-14,22H,5-6,11,15-16H2,1-4H3,(H,27,31)/t22-/m1/s1. The highest BCUT2D eigenvalue weighted by Crippen LogP contribution is 2.27. The molecule has 0 aliphatic carbocycles. The normalized spacial score (nSPS) is 12.1. The summed E-state index contributed by atoms with van der Waals surface area (Å²) in [6.45, 7) is 3.78. The molecule has 1 N–H and O–H groups in total. The van der Waals surface area contributed by atoms with E-state index in [1.807, 2.05) is 6.92 Å². The molecule has 0 radical (unpaired) electrons. The van der Waals surface area contributed by atoms with Gasteiger partial charge in [-0.05, 0) is 48.7 Å². The molecule has 11 heteroatoms. The Morgan fingerprint density at radius 1 is 1.06 bits per heavy atom. The van der Waals surface area contributed by atoms with E-state index in [1.165, 1.54) is 23.1 Å². The molecule has 0 aliphatic heterocycles. The Morgan fingerprint density at radius 2 is 1.66 bits per heavy atom. The first-order valence-electron chi connectivity index (χ1n) is 11.1. The van der Waals surface area contributed by atoms with Crippen molar-refractivity contribution in [3.05, 3.63) is 58.1 Å². The van der Waals surface area contributed by atoms with Gasteiger partial charge in [-0.2, -0.15) is 0 Å². The van der Waals surface area contributed by atoms with Gasteiger partial charge in [-0.3, -0.25) is 13.9 Å². The van der Waals surface area contributed by atoms with E-state index in [0.29, 0.717) is 18.7 Å². The van der Waals surface area contributed by atoms with Gasteiger partial charge in [0.15, 0.2) is 0 Å². The van der Waals surface area contributed by atoms with E-state index in [4.69, 9.17) is 27.9 Å². The highest BCUT2D eigenvalue weighted by molar-refractivity contribution is 7.92. The summed E-state index contributed by atoms with van der Waals surface area (Å²) in [7, 11) is -2.32. The monoisotopic (exact) mass is 543 g/mol. The van der Waals surface area contributed by atoms with E-state index in [-0.39, 0.29) is 28.2 Å². The van der Waals surface area contributed by atoms with Gasteiger partial charge in [-0.25, -0.2) is 8.42 Å². The molecule has 0 bridgehead atoms.